The molecule has 2 aromatic carbocycles. The highest BCUT2D eigenvalue weighted by molar-refractivity contribution is 7.92. The van der Waals surface area contributed by atoms with Gasteiger partial charge in [-0.1, -0.05) is 48.3 Å². The molecule has 0 saturated heterocycles. The molecule has 0 bridgehead atoms. The number of carbonyl (C=O) groups is 1. The average molecular weight is 483 g/mol. The summed E-state index contributed by atoms with van der Waals surface area (Å²) >= 11 is 12.1. The zero-order chi connectivity index (χ0) is 22.8. The quantitative estimate of drug-likeness (QED) is 0.582. The maximum absolute atomic E-state index is 13.2. The number of carbonyl (C=O) groups excluding carboxylic acids is 1. The fourth-order valence-electron chi connectivity index (χ4n) is 4.10. The van der Waals surface area contributed by atoms with E-state index in [0.29, 0.717) is 17.1 Å². The van der Waals surface area contributed by atoms with Crippen molar-refractivity contribution in [3.05, 3.63) is 63.1 Å². The van der Waals surface area contributed by atoms with Crippen molar-refractivity contribution >= 4 is 44.8 Å². The molecule has 0 heterocycles. The van der Waals surface area contributed by atoms with Crippen LogP contribution >= 0.6 is 23.2 Å². The number of nitrogens with zero attached hydrogens (tertiary/aromatic N) is 1. The lowest BCUT2D eigenvalue weighted by Gasteiger charge is -2.31. The van der Waals surface area contributed by atoms with Crippen LogP contribution < -0.4 is 9.62 Å². The number of hydrogen-bond acceptors (Lipinski definition) is 3. The van der Waals surface area contributed by atoms with Crippen molar-refractivity contribution in [2.24, 2.45) is 0 Å². The largest absolute Gasteiger partial charge is 0.348 e. The molecule has 1 aliphatic rings. The van der Waals surface area contributed by atoms with Crippen molar-refractivity contribution < 1.29 is 13.2 Å². The Labute approximate surface area is 194 Å². The molecule has 0 fully saturated rings. The van der Waals surface area contributed by atoms with Crippen molar-refractivity contribution in [1.29, 1.82) is 0 Å². The van der Waals surface area contributed by atoms with Crippen LogP contribution in [0.1, 0.15) is 55.8 Å². The highest BCUT2D eigenvalue weighted by Gasteiger charge is 2.32. The molecule has 1 N–H and O–H groups in total. The van der Waals surface area contributed by atoms with Gasteiger partial charge in [-0.25, -0.2) is 8.42 Å². The molecule has 168 valence electrons. The summed E-state index contributed by atoms with van der Waals surface area (Å²) in [6, 6.07) is 9.74. The summed E-state index contributed by atoms with van der Waals surface area (Å²) in [4.78, 5) is 13.2. The first kappa shape index (κ1) is 23.9. The second-order valence-electron chi connectivity index (χ2n) is 8.05. The van der Waals surface area contributed by atoms with Crippen LogP contribution in [0.5, 0.6) is 0 Å². The Kier molecular flexibility index (Phi) is 7.55. The molecule has 0 aromatic heterocycles. The van der Waals surface area contributed by atoms with Gasteiger partial charge in [0, 0.05) is 0 Å². The lowest BCUT2D eigenvalue weighted by molar-refractivity contribution is -0.122. The summed E-state index contributed by atoms with van der Waals surface area (Å²) in [6.45, 7) is 3.70. The molecule has 1 aliphatic carbocycles. The zero-order valence-corrected chi connectivity index (χ0v) is 20.3. The Hall–Kier alpha value is -1.76. The van der Waals surface area contributed by atoms with Gasteiger partial charge < -0.3 is 5.32 Å². The second kappa shape index (κ2) is 9.80. The van der Waals surface area contributed by atoms with Crippen LogP contribution in [0.3, 0.4) is 0 Å². The van der Waals surface area contributed by atoms with Gasteiger partial charge in [0.25, 0.3) is 0 Å². The van der Waals surface area contributed by atoms with Gasteiger partial charge in [-0.05, 0) is 73.9 Å². The summed E-state index contributed by atoms with van der Waals surface area (Å²) < 4.78 is 26.4. The number of benzene rings is 2. The van der Waals surface area contributed by atoms with Crippen LogP contribution in [-0.4, -0.2) is 26.6 Å². The van der Waals surface area contributed by atoms with Crippen LogP contribution in [0.15, 0.2) is 36.4 Å². The Morgan fingerprint density at radius 3 is 2.35 bits per heavy atom. The summed E-state index contributed by atoms with van der Waals surface area (Å²) in [7, 11) is -3.75. The maximum Gasteiger partial charge on any atom is 0.244 e. The smallest absolute Gasteiger partial charge is 0.244 e. The van der Waals surface area contributed by atoms with Gasteiger partial charge in [0.2, 0.25) is 15.9 Å². The van der Waals surface area contributed by atoms with E-state index in [4.69, 9.17) is 23.2 Å². The van der Waals surface area contributed by atoms with E-state index in [1.807, 2.05) is 13.0 Å². The summed E-state index contributed by atoms with van der Waals surface area (Å²) in [5.41, 5.74) is 4.04. The number of halogens is 2. The molecule has 0 saturated carbocycles. The normalized spacial score (nSPS) is 15.6. The molecule has 0 radical (unpaired) electrons. The molecule has 2 atom stereocenters. The predicted molar refractivity (Wildman–Crippen MR) is 128 cm³/mol. The minimum atomic E-state index is -3.75. The van der Waals surface area contributed by atoms with Crippen LogP contribution in [0.2, 0.25) is 10.0 Å². The van der Waals surface area contributed by atoms with E-state index in [-0.39, 0.29) is 17.0 Å². The minimum Gasteiger partial charge on any atom is -0.348 e. The number of amides is 1. The van der Waals surface area contributed by atoms with Crippen molar-refractivity contribution in [3.63, 3.8) is 0 Å². The Morgan fingerprint density at radius 1 is 1.06 bits per heavy atom. The van der Waals surface area contributed by atoms with Gasteiger partial charge >= 0.3 is 0 Å². The van der Waals surface area contributed by atoms with Crippen molar-refractivity contribution in [1.82, 2.24) is 5.32 Å². The lowest BCUT2D eigenvalue weighted by Crippen LogP contribution is -2.49. The maximum atomic E-state index is 13.2. The third-order valence-corrected chi connectivity index (χ3v) is 7.64. The molecule has 2 unspecified atom stereocenters. The molecule has 8 heteroatoms. The number of fused-ring (bicyclic) bond motifs is 1. The SMILES string of the molecule is CCC(C(=O)NC(C)c1ccc2c(c1)CCCC2)N(c1ccc(Cl)c(Cl)c1)S(C)(=O)=O. The predicted octanol–water partition coefficient (Wildman–Crippen LogP) is 5.29. The van der Waals surface area contributed by atoms with E-state index in [1.165, 1.54) is 36.1 Å². The number of aryl methyl sites for hydroxylation is 2. The van der Waals surface area contributed by atoms with E-state index in [0.717, 1.165) is 29.0 Å². The molecule has 5 nitrogen and oxygen atoms in total. The van der Waals surface area contributed by atoms with E-state index in [2.05, 4.69) is 17.4 Å². The molecule has 0 aliphatic heterocycles. The van der Waals surface area contributed by atoms with Gasteiger partial charge in [0.15, 0.2) is 0 Å². The molecule has 31 heavy (non-hydrogen) atoms. The molecule has 3 rings (SSSR count). The van der Waals surface area contributed by atoms with Gasteiger partial charge in [-0.2, -0.15) is 0 Å². The van der Waals surface area contributed by atoms with E-state index in [9.17, 15) is 13.2 Å². The second-order valence-corrected chi connectivity index (χ2v) is 10.7. The summed E-state index contributed by atoms with van der Waals surface area (Å²) in [5, 5.41) is 3.54. The van der Waals surface area contributed by atoms with Crippen molar-refractivity contribution in [2.45, 2.75) is 58.0 Å². The molecule has 2 aromatic rings. The summed E-state index contributed by atoms with van der Waals surface area (Å²) in [5.74, 6) is -0.357. The minimum absolute atomic E-state index is 0.227. The lowest BCUT2D eigenvalue weighted by atomic mass is 9.89. The first-order chi connectivity index (χ1) is 14.6. The summed E-state index contributed by atoms with van der Waals surface area (Å²) in [6.07, 6.45) is 5.94. The third-order valence-electron chi connectivity index (χ3n) is 5.72. The first-order valence-electron chi connectivity index (χ1n) is 10.5. The van der Waals surface area contributed by atoms with Gasteiger partial charge in [0.1, 0.15) is 6.04 Å². The molecule has 0 spiro atoms. The highest BCUT2D eigenvalue weighted by Crippen LogP contribution is 2.31. The topological polar surface area (TPSA) is 66.5 Å². The first-order valence-corrected chi connectivity index (χ1v) is 13.1. The number of anilines is 1. The Bertz CT molecular complexity index is 1070. The monoisotopic (exact) mass is 482 g/mol. The Balaban J connectivity index is 1.85. The van der Waals surface area contributed by atoms with E-state index >= 15 is 0 Å². The highest BCUT2D eigenvalue weighted by atomic mass is 35.5. The van der Waals surface area contributed by atoms with Crippen molar-refractivity contribution in [2.75, 3.05) is 10.6 Å². The molecule has 1 amide bonds. The molecular formula is C23H28Cl2N2O3S. The fraction of sp³-hybridized carbons (Fsp3) is 0.435. The third kappa shape index (κ3) is 5.54. The number of nitrogens with one attached hydrogen (secondary N) is 1. The fourth-order valence-corrected chi connectivity index (χ4v) is 5.59. The van der Waals surface area contributed by atoms with Gasteiger partial charge in [0.05, 0.1) is 28.0 Å². The van der Waals surface area contributed by atoms with Crippen LogP contribution in [0, 0.1) is 0 Å². The van der Waals surface area contributed by atoms with Gasteiger partial charge in [-0.15, -0.1) is 0 Å². The van der Waals surface area contributed by atoms with E-state index < -0.39 is 16.1 Å². The van der Waals surface area contributed by atoms with Crippen LogP contribution in [0.25, 0.3) is 0 Å². The number of sulfonamides is 1. The van der Waals surface area contributed by atoms with Crippen molar-refractivity contribution in [3.8, 4) is 0 Å². The standard InChI is InChI=1S/C23H28Cl2N2O3S/c1-4-22(27(31(3,29)30)19-11-12-20(24)21(25)14-19)23(28)26-15(2)17-10-9-16-7-5-6-8-18(16)13-17/h9-15,22H,4-8H2,1-3H3,(H,26,28). The molecular weight excluding hydrogens is 455 g/mol. The van der Waals surface area contributed by atoms with Crippen LogP contribution in [0.4, 0.5) is 5.69 Å². The van der Waals surface area contributed by atoms with Crippen LogP contribution in [-0.2, 0) is 27.7 Å². The van der Waals surface area contributed by atoms with E-state index in [1.54, 1.807) is 13.0 Å². The number of rotatable bonds is 7. The average Bonchev–Trinajstić information content (AvgIpc) is 2.72. The van der Waals surface area contributed by atoms with Gasteiger partial charge in [-0.3, -0.25) is 9.10 Å². The Morgan fingerprint density at radius 2 is 1.74 bits per heavy atom. The zero-order valence-electron chi connectivity index (χ0n) is 18.0. The number of hydrogen-bond donors (Lipinski definition) is 1.